The number of benzene rings is 2. The summed E-state index contributed by atoms with van der Waals surface area (Å²) in [4.78, 5) is 24.0. The molecule has 0 aliphatic carbocycles. The van der Waals surface area contributed by atoms with Crippen LogP contribution in [0.5, 0.6) is 17.2 Å². The van der Waals surface area contributed by atoms with Crippen LogP contribution >= 0.6 is 0 Å². The number of rotatable bonds is 8. The summed E-state index contributed by atoms with van der Waals surface area (Å²) in [7, 11) is 4.56. The molecule has 0 atom stereocenters. The van der Waals surface area contributed by atoms with Crippen LogP contribution in [0, 0.1) is 0 Å². The Hall–Kier alpha value is -3.22. The Morgan fingerprint density at radius 1 is 0.852 bits per heavy atom. The Morgan fingerprint density at radius 2 is 1.48 bits per heavy atom. The summed E-state index contributed by atoms with van der Waals surface area (Å²) in [5.74, 6) is 1.11. The highest BCUT2D eigenvalue weighted by Gasteiger charge is 2.18. The number of carbonyl (C=O) groups excluding carboxylic acids is 2. The third-order valence-electron chi connectivity index (χ3n) is 3.89. The molecule has 0 aromatic heterocycles. The monoisotopic (exact) mass is 372 g/mol. The molecule has 2 amide bonds. The quantitative estimate of drug-likeness (QED) is 0.743. The molecule has 0 heterocycles. The van der Waals surface area contributed by atoms with Crippen molar-refractivity contribution in [1.82, 2.24) is 0 Å². The fraction of sp³-hybridized carbons (Fsp3) is 0.300. The maximum atomic E-state index is 12.5. The second-order valence-corrected chi connectivity index (χ2v) is 5.70. The van der Waals surface area contributed by atoms with Crippen molar-refractivity contribution >= 4 is 23.2 Å². The Bertz CT molecular complexity index is 820. The summed E-state index contributed by atoms with van der Waals surface area (Å²) in [6.45, 7) is 1.78. The number of nitrogens with one attached hydrogen (secondary N) is 2. The smallest absolute Gasteiger partial charge is 0.228 e. The van der Waals surface area contributed by atoms with Crippen LogP contribution in [0.3, 0.4) is 0 Å². The van der Waals surface area contributed by atoms with Crippen molar-refractivity contribution in [2.45, 2.75) is 19.8 Å². The standard InChI is InChI=1S/C20H24N2O5/c1-5-17(23)21-14-7-6-8-15(12-14)22-18(24)11-13-9-10-16(25-2)20(27-4)19(13)26-3/h6-10,12H,5,11H2,1-4H3,(H,21,23)(H,22,24). The third kappa shape index (κ3) is 5.13. The molecule has 0 unspecified atom stereocenters. The van der Waals surface area contributed by atoms with E-state index >= 15 is 0 Å². The summed E-state index contributed by atoms with van der Waals surface area (Å²) < 4.78 is 16.0. The van der Waals surface area contributed by atoms with Crippen molar-refractivity contribution in [3.63, 3.8) is 0 Å². The number of hydrogen-bond acceptors (Lipinski definition) is 5. The average molecular weight is 372 g/mol. The van der Waals surface area contributed by atoms with Gasteiger partial charge in [0.15, 0.2) is 11.5 Å². The summed E-state index contributed by atoms with van der Waals surface area (Å²) in [6, 6.07) is 10.5. The van der Waals surface area contributed by atoms with Gasteiger partial charge in [-0.2, -0.15) is 0 Å². The van der Waals surface area contributed by atoms with E-state index in [0.717, 1.165) is 0 Å². The largest absolute Gasteiger partial charge is 0.493 e. The molecule has 27 heavy (non-hydrogen) atoms. The van der Waals surface area contributed by atoms with Crippen LogP contribution in [0.25, 0.3) is 0 Å². The van der Waals surface area contributed by atoms with E-state index in [-0.39, 0.29) is 18.2 Å². The van der Waals surface area contributed by atoms with Crippen molar-refractivity contribution in [2.24, 2.45) is 0 Å². The van der Waals surface area contributed by atoms with E-state index in [0.29, 0.717) is 40.6 Å². The van der Waals surface area contributed by atoms with Gasteiger partial charge in [0.1, 0.15) is 0 Å². The highest BCUT2D eigenvalue weighted by molar-refractivity contribution is 5.95. The molecule has 2 N–H and O–H groups in total. The van der Waals surface area contributed by atoms with E-state index in [4.69, 9.17) is 14.2 Å². The van der Waals surface area contributed by atoms with E-state index in [1.807, 2.05) is 0 Å². The Balaban J connectivity index is 2.14. The molecule has 0 radical (unpaired) electrons. The maximum Gasteiger partial charge on any atom is 0.228 e. The summed E-state index contributed by atoms with van der Waals surface area (Å²) >= 11 is 0. The normalized spacial score (nSPS) is 10.1. The summed E-state index contributed by atoms with van der Waals surface area (Å²) in [5.41, 5.74) is 1.89. The van der Waals surface area contributed by atoms with Crippen LogP contribution in [0.4, 0.5) is 11.4 Å². The molecule has 0 saturated carbocycles. The van der Waals surface area contributed by atoms with E-state index in [1.165, 1.54) is 21.3 Å². The number of ether oxygens (including phenoxy) is 3. The fourth-order valence-electron chi connectivity index (χ4n) is 2.60. The van der Waals surface area contributed by atoms with Crippen molar-refractivity contribution in [3.05, 3.63) is 42.0 Å². The lowest BCUT2D eigenvalue weighted by Crippen LogP contribution is -2.16. The molecule has 0 aliphatic heterocycles. The van der Waals surface area contributed by atoms with Crippen molar-refractivity contribution in [1.29, 1.82) is 0 Å². The topological polar surface area (TPSA) is 85.9 Å². The molecular weight excluding hydrogens is 348 g/mol. The van der Waals surface area contributed by atoms with Crippen LogP contribution in [-0.2, 0) is 16.0 Å². The zero-order chi connectivity index (χ0) is 19.8. The molecule has 0 aliphatic rings. The van der Waals surface area contributed by atoms with Gasteiger partial charge in [-0.3, -0.25) is 9.59 Å². The molecule has 0 bridgehead atoms. The molecule has 0 spiro atoms. The van der Waals surface area contributed by atoms with Crippen LogP contribution in [0.2, 0.25) is 0 Å². The molecule has 2 aromatic carbocycles. The van der Waals surface area contributed by atoms with E-state index in [1.54, 1.807) is 43.3 Å². The van der Waals surface area contributed by atoms with E-state index in [2.05, 4.69) is 10.6 Å². The maximum absolute atomic E-state index is 12.5. The molecular formula is C20H24N2O5. The van der Waals surface area contributed by atoms with Gasteiger partial charge in [-0.25, -0.2) is 0 Å². The van der Waals surface area contributed by atoms with Gasteiger partial charge >= 0.3 is 0 Å². The van der Waals surface area contributed by atoms with Gasteiger partial charge in [0, 0.05) is 23.4 Å². The first-order valence-electron chi connectivity index (χ1n) is 8.50. The van der Waals surface area contributed by atoms with Crippen LogP contribution < -0.4 is 24.8 Å². The summed E-state index contributed by atoms with van der Waals surface area (Å²) in [6.07, 6.45) is 0.477. The fourth-order valence-corrected chi connectivity index (χ4v) is 2.60. The first-order chi connectivity index (χ1) is 13.0. The molecule has 144 valence electrons. The Labute approximate surface area is 158 Å². The molecule has 0 saturated heterocycles. The second kappa shape index (κ2) is 9.47. The molecule has 0 fully saturated rings. The summed E-state index contributed by atoms with van der Waals surface area (Å²) in [5, 5.41) is 5.58. The SMILES string of the molecule is CCC(=O)Nc1cccc(NC(=O)Cc2ccc(OC)c(OC)c2OC)c1. The molecule has 2 rings (SSSR count). The lowest BCUT2D eigenvalue weighted by Gasteiger charge is -2.15. The zero-order valence-corrected chi connectivity index (χ0v) is 15.9. The second-order valence-electron chi connectivity index (χ2n) is 5.70. The molecule has 7 heteroatoms. The van der Waals surface area contributed by atoms with Gasteiger partial charge in [-0.05, 0) is 24.3 Å². The Kier molecular flexibility index (Phi) is 7.05. The highest BCUT2D eigenvalue weighted by atomic mass is 16.5. The minimum Gasteiger partial charge on any atom is -0.493 e. The highest BCUT2D eigenvalue weighted by Crippen LogP contribution is 2.39. The van der Waals surface area contributed by atoms with Crippen molar-refractivity contribution in [3.8, 4) is 17.2 Å². The number of amides is 2. The molecule has 7 nitrogen and oxygen atoms in total. The average Bonchev–Trinajstić information content (AvgIpc) is 2.67. The van der Waals surface area contributed by atoms with Crippen molar-refractivity contribution < 1.29 is 23.8 Å². The zero-order valence-electron chi connectivity index (χ0n) is 15.9. The lowest BCUT2D eigenvalue weighted by atomic mass is 10.1. The first-order valence-corrected chi connectivity index (χ1v) is 8.50. The Morgan fingerprint density at radius 3 is 2.04 bits per heavy atom. The number of hydrogen-bond donors (Lipinski definition) is 2. The van der Waals surface area contributed by atoms with Crippen LogP contribution in [0.15, 0.2) is 36.4 Å². The lowest BCUT2D eigenvalue weighted by molar-refractivity contribution is -0.116. The minimum atomic E-state index is -0.223. The predicted molar refractivity (Wildman–Crippen MR) is 104 cm³/mol. The van der Waals surface area contributed by atoms with Gasteiger partial charge in [0.2, 0.25) is 17.6 Å². The van der Waals surface area contributed by atoms with Crippen LogP contribution in [-0.4, -0.2) is 33.1 Å². The van der Waals surface area contributed by atoms with Gasteiger partial charge in [-0.1, -0.05) is 19.1 Å². The van der Waals surface area contributed by atoms with Gasteiger partial charge < -0.3 is 24.8 Å². The molecule has 2 aromatic rings. The van der Waals surface area contributed by atoms with E-state index < -0.39 is 0 Å². The number of methoxy groups -OCH3 is 3. The van der Waals surface area contributed by atoms with Crippen LogP contribution in [0.1, 0.15) is 18.9 Å². The van der Waals surface area contributed by atoms with Crippen molar-refractivity contribution in [2.75, 3.05) is 32.0 Å². The van der Waals surface area contributed by atoms with Gasteiger partial charge in [-0.15, -0.1) is 0 Å². The predicted octanol–water partition coefficient (Wildman–Crippen LogP) is 3.24. The number of carbonyl (C=O) groups is 2. The van der Waals surface area contributed by atoms with E-state index in [9.17, 15) is 9.59 Å². The van der Waals surface area contributed by atoms with Gasteiger partial charge in [0.05, 0.1) is 27.8 Å². The number of anilines is 2. The van der Waals surface area contributed by atoms with Gasteiger partial charge in [0.25, 0.3) is 0 Å². The first kappa shape index (κ1) is 20.1. The minimum absolute atomic E-state index is 0.0893. The third-order valence-corrected chi connectivity index (χ3v) is 3.89.